The Kier molecular flexibility index (Phi) is 26.4. The number of benzene rings is 2. The van der Waals surface area contributed by atoms with E-state index in [1.807, 2.05) is 36.4 Å². The van der Waals surface area contributed by atoms with Gasteiger partial charge in [0.2, 0.25) is 0 Å². The highest BCUT2D eigenvalue weighted by Gasteiger charge is 2.45. The van der Waals surface area contributed by atoms with Crippen molar-refractivity contribution in [2.24, 2.45) is 11.8 Å². The molecule has 16 heteroatoms. The summed E-state index contributed by atoms with van der Waals surface area (Å²) in [5.41, 5.74) is 2.67. The lowest BCUT2D eigenvalue weighted by molar-refractivity contribution is -0.136. The molecule has 2 aliphatic heterocycles. The number of carbonyl (C=O) groups is 4. The van der Waals surface area contributed by atoms with Gasteiger partial charge < -0.3 is 37.0 Å². The first-order valence-electron chi connectivity index (χ1n) is 30.1. The molecule has 0 radical (unpaired) electrons. The number of carboxylic acid groups (broad SMARTS) is 1. The predicted octanol–water partition coefficient (Wildman–Crippen LogP) is 17.7. The molecule has 0 fully saturated rings. The lowest BCUT2D eigenvalue weighted by atomic mass is 9.93. The zero-order valence-electron chi connectivity index (χ0n) is 55.1. The van der Waals surface area contributed by atoms with Crippen molar-refractivity contribution in [1.82, 2.24) is 0 Å². The molecule has 2 heterocycles. The molecule has 0 aliphatic carbocycles. The standard InChI is InChI=1S/C35H56O6Si2.C32H52O6Si2/c1-13-24-38-31(36)23-17-21-28-25-30(41-43(11,12)35(6,7)8)26(2)18-14-15-19-27-20-16-22-29(32(27)33(37)39-28)40-42(9,10)34(3,4)5;1-23-16-12-13-17-24-18-14-20-26(37-39(8,9)31(2,3)4)29(24)30(35)36-25(19-15-21-28(33)34)22-27(23)38-40(10,11)32(5,6)7/h13-17,20,22-23,26,28,30H,1,18-19,21,24-25H2,2-12H3;12-15,18,20-21,23,25,27H,16-17,19,22H2,1-11H3,(H,33,34)/b15-14+,23-17+;13-12+,21-15+/t26-,28-,30+;23-,25-,27+/m00/s1. The number of esters is 3. The van der Waals surface area contributed by atoms with Gasteiger partial charge in [-0.05, 0) is 133 Å². The first-order valence-corrected chi connectivity index (χ1v) is 41.7. The molecule has 0 bridgehead atoms. The Morgan fingerprint density at radius 1 is 0.578 bits per heavy atom. The molecular weight excluding hydrogens is 1110 g/mol. The van der Waals surface area contributed by atoms with Crippen LogP contribution in [0.15, 0.2) is 97.7 Å². The second-order valence-corrected chi connectivity index (χ2v) is 47.9. The van der Waals surface area contributed by atoms with Crippen molar-refractivity contribution in [2.45, 2.75) is 245 Å². The fraction of sp³-hybridized carbons (Fsp3) is 0.612. The summed E-state index contributed by atoms with van der Waals surface area (Å²) in [6.07, 6.45) is 19.2. The fourth-order valence-electron chi connectivity index (χ4n) is 8.38. The number of allylic oxidation sites excluding steroid dienone is 4. The van der Waals surface area contributed by atoms with E-state index in [9.17, 15) is 24.3 Å². The minimum absolute atomic E-state index is 0.0244. The minimum Gasteiger partial charge on any atom is -0.543 e. The van der Waals surface area contributed by atoms with Crippen LogP contribution in [0.5, 0.6) is 11.5 Å². The van der Waals surface area contributed by atoms with Crippen LogP contribution in [0, 0.1) is 11.8 Å². The molecular formula is C67H108O12Si4. The zero-order valence-corrected chi connectivity index (χ0v) is 59.1. The van der Waals surface area contributed by atoms with E-state index in [1.54, 1.807) is 12.2 Å². The second-order valence-electron chi connectivity index (χ2n) is 29.0. The summed E-state index contributed by atoms with van der Waals surface area (Å²) in [6, 6.07) is 11.6. The van der Waals surface area contributed by atoms with Gasteiger partial charge in [0.25, 0.3) is 16.6 Å². The molecule has 0 spiro atoms. The quantitative estimate of drug-likeness (QED) is 0.0559. The van der Waals surface area contributed by atoms with E-state index < -0.39 is 69.4 Å². The van der Waals surface area contributed by atoms with Crippen molar-refractivity contribution < 1.29 is 56.2 Å². The van der Waals surface area contributed by atoms with Gasteiger partial charge in [0.1, 0.15) is 41.4 Å². The molecule has 1 N–H and O–H groups in total. The maximum Gasteiger partial charge on any atom is 0.342 e. The maximum atomic E-state index is 14.1. The van der Waals surface area contributed by atoms with Crippen LogP contribution in [0.25, 0.3) is 0 Å². The second kappa shape index (κ2) is 30.2. The van der Waals surface area contributed by atoms with E-state index in [4.69, 9.17) is 31.9 Å². The van der Waals surface area contributed by atoms with Gasteiger partial charge in [-0.2, -0.15) is 0 Å². The van der Waals surface area contributed by atoms with Gasteiger partial charge in [-0.25, -0.2) is 19.2 Å². The number of ether oxygens (including phenoxy) is 3. The SMILES string of the molecule is C=CCOC(=O)/C=C/C[C@H]1C[C@@H](O[Si](C)(C)C(C)(C)C)[C@@H](C)C/C=C/Cc2cccc(O[Si](C)(C)C(C)(C)C)c2C(=O)O1.C[C@H]1C/C=C/Cc2cccc(O[Si](C)(C)C(C)(C)C)c2C(=O)O[C@@H](C/C=C/C(=O)O)C[C@H]1O[Si](C)(C)C(C)(C)C. The summed E-state index contributed by atoms with van der Waals surface area (Å²) in [5.74, 6) is -0.797. The molecule has 6 atom stereocenters. The summed E-state index contributed by atoms with van der Waals surface area (Å²) in [5, 5.41) is 9.16. The van der Waals surface area contributed by atoms with Crippen LogP contribution in [0.2, 0.25) is 72.5 Å². The van der Waals surface area contributed by atoms with Crippen molar-refractivity contribution in [2.75, 3.05) is 6.61 Å². The summed E-state index contributed by atoms with van der Waals surface area (Å²) < 4.78 is 44.9. The molecule has 0 saturated heterocycles. The van der Waals surface area contributed by atoms with Crippen LogP contribution in [-0.4, -0.2) is 93.3 Å². The van der Waals surface area contributed by atoms with Crippen LogP contribution in [-0.2, 0) is 45.5 Å². The van der Waals surface area contributed by atoms with Crippen LogP contribution in [0.3, 0.4) is 0 Å². The monoisotopic (exact) mass is 1220 g/mol. The van der Waals surface area contributed by atoms with Crippen molar-refractivity contribution in [3.63, 3.8) is 0 Å². The Balaban J connectivity index is 0.000000436. The molecule has 4 rings (SSSR count). The average molecular weight is 1220 g/mol. The van der Waals surface area contributed by atoms with Crippen LogP contribution < -0.4 is 8.85 Å². The first-order chi connectivity index (χ1) is 38.0. The molecule has 2 aromatic carbocycles. The van der Waals surface area contributed by atoms with Gasteiger partial charge in [0.15, 0.2) is 16.6 Å². The Bertz CT molecular complexity index is 2620. The highest BCUT2D eigenvalue weighted by Crippen LogP contribution is 2.44. The Morgan fingerprint density at radius 3 is 1.28 bits per heavy atom. The van der Waals surface area contributed by atoms with Crippen molar-refractivity contribution in [3.05, 3.63) is 120 Å². The number of aliphatic carboxylic acids is 1. The lowest BCUT2D eigenvalue weighted by Gasteiger charge is -2.41. The number of carbonyl (C=O) groups excluding carboxylic acids is 3. The van der Waals surface area contributed by atoms with Crippen molar-refractivity contribution in [1.29, 1.82) is 0 Å². The maximum absolute atomic E-state index is 14.1. The largest absolute Gasteiger partial charge is 0.543 e. The van der Waals surface area contributed by atoms with Gasteiger partial charge in [-0.3, -0.25) is 0 Å². The molecule has 464 valence electrons. The zero-order chi connectivity index (χ0) is 63.2. The molecule has 2 aliphatic rings. The van der Waals surface area contributed by atoms with E-state index in [0.717, 1.165) is 30.0 Å². The van der Waals surface area contributed by atoms with E-state index in [2.05, 4.69) is 180 Å². The fourth-order valence-corrected chi connectivity index (χ4v) is 13.3. The number of rotatable bonds is 16. The third-order valence-corrected chi connectivity index (χ3v) is 35.7. The molecule has 0 saturated carbocycles. The summed E-state index contributed by atoms with van der Waals surface area (Å²) in [7, 11) is -8.73. The number of hydrogen-bond acceptors (Lipinski definition) is 11. The Labute approximate surface area is 505 Å². The Morgan fingerprint density at radius 2 is 0.940 bits per heavy atom. The molecule has 0 aromatic heterocycles. The molecule has 0 unspecified atom stereocenters. The van der Waals surface area contributed by atoms with E-state index in [1.165, 1.54) is 12.2 Å². The van der Waals surface area contributed by atoms with Crippen LogP contribution in [0.1, 0.15) is 167 Å². The smallest absolute Gasteiger partial charge is 0.342 e. The number of fused-ring (bicyclic) bond motifs is 2. The van der Waals surface area contributed by atoms with Gasteiger partial charge in [0, 0.05) is 37.8 Å². The predicted molar refractivity (Wildman–Crippen MR) is 350 cm³/mol. The first kappa shape index (κ1) is 72.7. The van der Waals surface area contributed by atoms with Crippen LogP contribution in [0.4, 0.5) is 0 Å². The third-order valence-electron chi connectivity index (χ3n) is 18.0. The molecule has 2 aromatic rings. The minimum atomic E-state index is -2.24. The summed E-state index contributed by atoms with van der Waals surface area (Å²) >= 11 is 0. The van der Waals surface area contributed by atoms with Gasteiger partial charge in [0.05, 0.1) is 12.2 Å². The van der Waals surface area contributed by atoms with Crippen molar-refractivity contribution >= 4 is 57.1 Å². The van der Waals surface area contributed by atoms with Gasteiger partial charge in [-0.15, -0.1) is 0 Å². The van der Waals surface area contributed by atoms with Gasteiger partial charge >= 0.3 is 23.9 Å². The lowest BCUT2D eigenvalue weighted by Crippen LogP contribution is -2.46. The summed E-state index contributed by atoms with van der Waals surface area (Å²) in [4.78, 5) is 51.4. The normalized spacial score (nSPS) is 22.1. The van der Waals surface area contributed by atoms with Gasteiger partial charge in [-0.1, -0.05) is 170 Å². The highest BCUT2D eigenvalue weighted by atomic mass is 28.4. The number of cyclic esters (lactones) is 2. The van der Waals surface area contributed by atoms with Crippen molar-refractivity contribution in [3.8, 4) is 11.5 Å². The molecule has 12 nitrogen and oxygen atoms in total. The number of hydrogen-bond donors (Lipinski definition) is 1. The molecule has 0 amide bonds. The number of carboxylic acids is 1. The summed E-state index contributed by atoms with van der Waals surface area (Å²) in [6.45, 7) is 52.2. The van der Waals surface area contributed by atoms with E-state index >= 15 is 0 Å². The van der Waals surface area contributed by atoms with E-state index in [0.29, 0.717) is 61.2 Å². The molecule has 83 heavy (non-hydrogen) atoms. The van der Waals surface area contributed by atoms with Crippen LogP contribution >= 0.6 is 0 Å². The highest BCUT2D eigenvalue weighted by molar-refractivity contribution is 6.75. The topological polar surface area (TPSA) is 153 Å². The van der Waals surface area contributed by atoms with E-state index in [-0.39, 0.29) is 50.8 Å². The Hall–Kier alpha value is -4.59. The third kappa shape index (κ3) is 22.0. The average Bonchev–Trinajstić information content (AvgIpc) is 3.24.